The molecule has 0 spiro atoms. The van der Waals surface area contributed by atoms with E-state index in [1.54, 1.807) is 0 Å². The predicted octanol–water partition coefficient (Wildman–Crippen LogP) is 6.69. The van der Waals surface area contributed by atoms with E-state index in [9.17, 15) is 0 Å². The Morgan fingerprint density at radius 3 is 1.36 bits per heavy atom. The van der Waals surface area contributed by atoms with E-state index in [4.69, 9.17) is 9.47 Å². The smallest absolute Gasteiger partial charge is 0.127 e. The summed E-state index contributed by atoms with van der Waals surface area (Å²) >= 11 is 0. The fraction of sp³-hybridized carbons (Fsp3) is 0.538. The van der Waals surface area contributed by atoms with E-state index in [0.717, 1.165) is 24.3 Å². The van der Waals surface area contributed by atoms with Crippen molar-refractivity contribution in [1.82, 2.24) is 0 Å². The molecule has 0 saturated heterocycles. The standard InChI is InChI=1S/C26H34O2/c1-17(2)27-23-15-13-19-9-5-7-11-21(19)25(23)26-22-12-8-6-10-20(22)14-16-24(26)28-18(3)4/h13-18H,5-12H2,1-4H3. The number of rotatable bonds is 5. The third-order valence-corrected chi connectivity index (χ3v) is 5.96. The van der Waals surface area contributed by atoms with Crippen molar-refractivity contribution in [3.8, 4) is 22.6 Å². The van der Waals surface area contributed by atoms with Gasteiger partial charge in [0.1, 0.15) is 11.5 Å². The highest BCUT2D eigenvalue weighted by Crippen LogP contribution is 2.47. The summed E-state index contributed by atoms with van der Waals surface area (Å²) in [5.41, 5.74) is 8.64. The van der Waals surface area contributed by atoms with Gasteiger partial charge in [-0.2, -0.15) is 0 Å². The molecular weight excluding hydrogens is 344 g/mol. The van der Waals surface area contributed by atoms with Gasteiger partial charge >= 0.3 is 0 Å². The molecular formula is C26H34O2. The van der Waals surface area contributed by atoms with Crippen LogP contribution in [0.2, 0.25) is 0 Å². The van der Waals surface area contributed by atoms with Gasteiger partial charge in [0.2, 0.25) is 0 Å². The Bertz CT molecular complexity index is 776. The molecule has 4 rings (SSSR count). The molecule has 2 heteroatoms. The van der Waals surface area contributed by atoms with Crippen LogP contribution >= 0.6 is 0 Å². The van der Waals surface area contributed by atoms with Gasteiger partial charge in [-0.05, 0) is 113 Å². The van der Waals surface area contributed by atoms with Crippen molar-refractivity contribution in [2.75, 3.05) is 0 Å². The summed E-state index contributed by atoms with van der Waals surface area (Å²) in [5, 5.41) is 0. The normalized spacial score (nSPS) is 16.1. The molecule has 0 N–H and O–H groups in total. The zero-order valence-electron chi connectivity index (χ0n) is 17.9. The first-order valence-corrected chi connectivity index (χ1v) is 11.2. The molecule has 0 heterocycles. The second kappa shape index (κ2) is 8.19. The Hall–Kier alpha value is -1.96. The number of ether oxygens (including phenoxy) is 2. The molecule has 0 aliphatic heterocycles. The number of aryl methyl sites for hydroxylation is 2. The minimum absolute atomic E-state index is 0.161. The SMILES string of the molecule is CC(C)Oc1ccc2c(c1-c1c(OC(C)C)ccc3c1CCCC3)CCCC2. The van der Waals surface area contributed by atoms with E-state index in [1.165, 1.54) is 71.9 Å². The van der Waals surface area contributed by atoms with E-state index >= 15 is 0 Å². The molecule has 28 heavy (non-hydrogen) atoms. The number of hydrogen-bond acceptors (Lipinski definition) is 2. The lowest BCUT2D eigenvalue weighted by molar-refractivity contribution is 0.239. The molecule has 0 fully saturated rings. The zero-order chi connectivity index (χ0) is 19.7. The van der Waals surface area contributed by atoms with E-state index in [1.807, 2.05) is 0 Å². The lowest BCUT2D eigenvalue weighted by Gasteiger charge is -2.29. The Morgan fingerprint density at radius 2 is 0.964 bits per heavy atom. The summed E-state index contributed by atoms with van der Waals surface area (Å²) in [6.07, 6.45) is 10.1. The first-order valence-electron chi connectivity index (χ1n) is 11.2. The molecule has 0 aromatic heterocycles. The van der Waals surface area contributed by atoms with Crippen LogP contribution in [0.15, 0.2) is 24.3 Å². The van der Waals surface area contributed by atoms with Gasteiger partial charge in [0.25, 0.3) is 0 Å². The summed E-state index contributed by atoms with van der Waals surface area (Å²) in [7, 11) is 0. The third-order valence-electron chi connectivity index (χ3n) is 5.96. The van der Waals surface area contributed by atoms with Crippen molar-refractivity contribution in [1.29, 1.82) is 0 Å². The fourth-order valence-electron chi connectivity index (χ4n) is 4.87. The van der Waals surface area contributed by atoms with Crippen molar-refractivity contribution in [2.45, 2.75) is 91.3 Å². The average molecular weight is 379 g/mol. The van der Waals surface area contributed by atoms with Crippen molar-refractivity contribution >= 4 is 0 Å². The van der Waals surface area contributed by atoms with Gasteiger partial charge in [-0.15, -0.1) is 0 Å². The van der Waals surface area contributed by atoms with Gasteiger partial charge < -0.3 is 9.47 Å². The highest BCUT2D eigenvalue weighted by Gasteiger charge is 2.26. The van der Waals surface area contributed by atoms with Crippen LogP contribution in [0.3, 0.4) is 0 Å². The van der Waals surface area contributed by atoms with Crippen LogP contribution in [0.5, 0.6) is 11.5 Å². The fourth-order valence-corrected chi connectivity index (χ4v) is 4.87. The highest BCUT2D eigenvalue weighted by atomic mass is 16.5. The molecule has 0 amide bonds. The zero-order valence-corrected chi connectivity index (χ0v) is 17.9. The molecule has 2 aromatic rings. The molecule has 2 aliphatic carbocycles. The lowest BCUT2D eigenvalue weighted by Crippen LogP contribution is -2.14. The summed E-state index contributed by atoms with van der Waals surface area (Å²) in [4.78, 5) is 0. The molecule has 2 aromatic carbocycles. The summed E-state index contributed by atoms with van der Waals surface area (Å²) in [6.45, 7) is 8.48. The first-order chi connectivity index (χ1) is 13.5. The molecule has 2 nitrogen and oxygen atoms in total. The molecule has 0 saturated carbocycles. The van der Waals surface area contributed by atoms with E-state index < -0.39 is 0 Å². The van der Waals surface area contributed by atoms with Crippen LogP contribution in [0.25, 0.3) is 11.1 Å². The maximum Gasteiger partial charge on any atom is 0.127 e. The van der Waals surface area contributed by atoms with Crippen LogP contribution in [0, 0.1) is 0 Å². The van der Waals surface area contributed by atoms with Gasteiger partial charge in [0.05, 0.1) is 12.2 Å². The molecule has 0 bridgehead atoms. The van der Waals surface area contributed by atoms with Gasteiger partial charge in [-0.1, -0.05) is 12.1 Å². The molecule has 0 unspecified atom stereocenters. The first kappa shape index (κ1) is 19.4. The van der Waals surface area contributed by atoms with E-state index in [2.05, 4.69) is 52.0 Å². The summed E-state index contributed by atoms with van der Waals surface area (Å²) in [5.74, 6) is 2.06. The quantitative estimate of drug-likeness (QED) is 0.577. The Balaban J connectivity index is 1.99. The van der Waals surface area contributed by atoms with Crippen molar-refractivity contribution in [3.63, 3.8) is 0 Å². The summed E-state index contributed by atoms with van der Waals surface area (Å²) in [6, 6.07) is 9.02. The monoisotopic (exact) mass is 378 g/mol. The third kappa shape index (κ3) is 3.79. The Kier molecular flexibility index (Phi) is 5.66. The van der Waals surface area contributed by atoms with Crippen LogP contribution in [0.4, 0.5) is 0 Å². The summed E-state index contributed by atoms with van der Waals surface area (Å²) < 4.78 is 12.7. The van der Waals surface area contributed by atoms with E-state index in [0.29, 0.717) is 0 Å². The van der Waals surface area contributed by atoms with Crippen LogP contribution in [-0.4, -0.2) is 12.2 Å². The van der Waals surface area contributed by atoms with Crippen LogP contribution in [-0.2, 0) is 25.7 Å². The minimum Gasteiger partial charge on any atom is -0.490 e. The molecule has 0 atom stereocenters. The number of hydrogen-bond donors (Lipinski definition) is 0. The second-order valence-corrected chi connectivity index (χ2v) is 8.90. The maximum atomic E-state index is 6.36. The number of benzene rings is 2. The van der Waals surface area contributed by atoms with Crippen molar-refractivity contribution < 1.29 is 9.47 Å². The van der Waals surface area contributed by atoms with Gasteiger partial charge in [0.15, 0.2) is 0 Å². The number of fused-ring (bicyclic) bond motifs is 2. The largest absolute Gasteiger partial charge is 0.490 e. The lowest BCUT2D eigenvalue weighted by atomic mass is 9.80. The Labute approximate surface area is 170 Å². The molecule has 0 radical (unpaired) electrons. The van der Waals surface area contributed by atoms with Gasteiger partial charge in [-0.3, -0.25) is 0 Å². The van der Waals surface area contributed by atoms with Gasteiger partial charge in [-0.25, -0.2) is 0 Å². The van der Waals surface area contributed by atoms with Crippen LogP contribution < -0.4 is 9.47 Å². The van der Waals surface area contributed by atoms with Gasteiger partial charge in [0, 0.05) is 11.1 Å². The minimum atomic E-state index is 0.161. The predicted molar refractivity (Wildman–Crippen MR) is 117 cm³/mol. The molecule has 2 aliphatic rings. The highest BCUT2D eigenvalue weighted by molar-refractivity contribution is 5.83. The van der Waals surface area contributed by atoms with E-state index in [-0.39, 0.29) is 12.2 Å². The molecule has 150 valence electrons. The average Bonchev–Trinajstić information content (AvgIpc) is 2.67. The maximum absolute atomic E-state index is 6.36. The topological polar surface area (TPSA) is 18.5 Å². The van der Waals surface area contributed by atoms with Crippen molar-refractivity contribution in [2.24, 2.45) is 0 Å². The van der Waals surface area contributed by atoms with Crippen molar-refractivity contribution in [3.05, 3.63) is 46.5 Å². The second-order valence-electron chi connectivity index (χ2n) is 8.90. The van der Waals surface area contributed by atoms with Crippen LogP contribution in [0.1, 0.15) is 75.6 Å². The Morgan fingerprint density at radius 1 is 0.571 bits per heavy atom.